The number of ether oxygens (including phenoxy) is 2. The second-order valence-electron chi connectivity index (χ2n) is 5.24. The van der Waals surface area contributed by atoms with Crippen molar-refractivity contribution < 1.29 is 9.47 Å². The van der Waals surface area contributed by atoms with E-state index in [1.165, 1.54) is 30.5 Å². The fourth-order valence-electron chi connectivity index (χ4n) is 2.35. The molecular weight excluding hydrogens is 238 g/mol. The number of rotatable bonds is 9. The maximum absolute atomic E-state index is 5.55. The van der Waals surface area contributed by atoms with Gasteiger partial charge in [0.2, 0.25) is 0 Å². The molecule has 0 amide bonds. The minimum absolute atomic E-state index is 0.629. The van der Waals surface area contributed by atoms with Crippen molar-refractivity contribution in [1.82, 2.24) is 0 Å². The molecule has 0 bridgehead atoms. The van der Waals surface area contributed by atoms with Gasteiger partial charge < -0.3 is 14.8 Å². The van der Waals surface area contributed by atoms with Gasteiger partial charge in [0.05, 0.1) is 19.8 Å². The monoisotopic (exact) mass is 263 g/mol. The van der Waals surface area contributed by atoms with E-state index in [9.17, 15) is 0 Å². The zero-order chi connectivity index (χ0) is 13.5. The molecule has 1 aromatic rings. The first-order valence-electron chi connectivity index (χ1n) is 7.25. The van der Waals surface area contributed by atoms with Crippen molar-refractivity contribution in [3.8, 4) is 0 Å². The van der Waals surface area contributed by atoms with Crippen LogP contribution >= 0.6 is 0 Å². The molecule has 0 aromatic heterocycles. The van der Waals surface area contributed by atoms with Crippen LogP contribution in [0.3, 0.4) is 0 Å². The lowest BCUT2D eigenvalue weighted by atomic mass is 10.1. The molecule has 1 aliphatic rings. The highest BCUT2D eigenvalue weighted by Gasteiger charge is 2.29. The third kappa shape index (κ3) is 4.84. The summed E-state index contributed by atoms with van der Waals surface area (Å²) in [5, 5.41) is 3.65. The van der Waals surface area contributed by atoms with Gasteiger partial charge in [-0.2, -0.15) is 0 Å². The SMILES string of the molecule is CCC(Nc1cccc(COCCOC)c1)C1CC1. The second kappa shape index (κ2) is 7.51. The normalized spacial score (nSPS) is 16.3. The van der Waals surface area contributed by atoms with Crippen LogP contribution in [-0.4, -0.2) is 26.4 Å². The molecule has 2 rings (SSSR count). The summed E-state index contributed by atoms with van der Waals surface area (Å²) in [5.74, 6) is 0.881. The van der Waals surface area contributed by atoms with Crippen molar-refractivity contribution >= 4 is 5.69 Å². The summed E-state index contributed by atoms with van der Waals surface area (Å²) >= 11 is 0. The molecule has 3 heteroatoms. The van der Waals surface area contributed by atoms with Crippen LogP contribution in [0.5, 0.6) is 0 Å². The summed E-state index contributed by atoms with van der Waals surface area (Å²) < 4.78 is 10.5. The molecule has 0 heterocycles. The Morgan fingerprint density at radius 1 is 1.32 bits per heavy atom. The van der Waals surface area contributed by atoms with Crippen molar-refractivity contribution in [2.45, 2.75) is 38.8 Å². The van der Waals surface area contributed by atoms with Crippen LogP contribution < -0.4 is 5.32 Å². The lowest BCUT2D eigenvalue weighted by Crippen LogP contribution is -2.20. The molecule has 1 N–H and O–H groups in total. The van der Waals surface area contributed by atoms with Gasteiger partial charge in [-0.15, -0.1) is 0 Å². The molecule has 19 heavy (non-hydrogen) atoms. The Morgan fingerprint density at radius 2 is 2.16 bits per heavy atom. The highest BCUT2D eigenvalue weighted by molar-refractivity contribution is 5.46. The quantitative estimate of drug-likeness (QED) is 0.692. The number of benzene rings is 1. The molecule has 0 saturated heterocycles. The molecule has 106 valence electrons. The third-order valence-electron chi connectivity index (χ3n) is 3.61. The Hall–Kier alpha value is -1.06. The van der Waals surface area contributed by atoms with Crippen LogP contribution in [0.25, 0.3) is 0 Å². The predicted octanol–water partition coefficient (Wildman–Crippen LogP) is 3.45. The van der Waals surface area contributed by atoms with Crippen LogP contribution in [0.15, 0.2) is 24.3 Å². The van der Waals surface area contributed by atoms with Crippen LogP contribution in [0.4, 0.5) is 5.69 Å². The molecule has 0 radical (unpaired) electrons. The largest absolute Gasteiger partial charge is 0.382 e. The van der Waals surface area contributed by atoms with Crippen LogP contribution in [0, 0.1) is 5.92 Å². The van der Waals surface area contributed by atoms with E-state index in [1.807, 2.05) is 0 Å². The Kier molecular flexibility index (Phi) is 5.67. The molecule has 1 aromatic carbocycles. The third-order valence-corrected chi connectivity index (χ3v) is 3.61. The van der Waals surface area contributed by atoms with Crippen molar-refractivity contribution in [2.24, 2.45) is 5.92 Å². The van der Waals surface area contributed by atoms with Crippen molar-refractivity contribution in [2.75, 3.05) is 25.6 Å². The maximum Gasteiger partial charge on any atom is 0.0718 e. The number of hydrogen-bond acceptors (Lipinski definition) is 3. The highest BCUT2D eigenvalue weighted by Crippen LogP contribution is 2.35. The minimum atomic E-state index is 0.629. The standard InChI is InChI=1S/C16H25NO2/c1-3-16(14-7-8-14)17-15-6-4-5-13(11-15)12-19-10-9-18-2/h4-6,11,14,16-17H,3,7-10,12H2,1-2H3. The maximum atomic E-state index is 5.55. The van der Waals surface area contributed by atoms with E-state index in [4.69, 9.17) is 9.47 Å². The summed E-state index contributed by atoms with van der Waals surface area (Å²) in [7, 11) is 1.69. The van der Waals surface area contributed by atoms with Crippen molar-refractivity contribution in [3.05, 3.63) is 29.8 Å². The van der Waals surface area contributed by atoms with Crippen LogP contribution in [-0.2, 0) is 16.1 Å². The van der Waals surface area contributed by atoms with E-state index in [0.29, 0.717) is 25.9 Å². The van der Waals surface area contributed by atoms with Gasteiger partial charge in [0.25, 0.3) is 0 Å². The Labute approximate surface area is 116 Å². The number of methoxy groups -OCH3 is 1. The summed E-state index contributed by atoms with van der Waals surface area (Å²) in [6.45, 7) is 4.21. The first-order chi connectivity index (χ1) is 9.33. The molecular formula is C16H25NO2. The summed E-state index contributed by atoms with van der Waals surface area (Å²) in [6.07, 6.45) is 3.95. The van der Waals surface area contributed by atoms with Gasteiger partial charge in [-0.3, -0.25) is 0 Å². The Balaban J connectivity index is 1.83. The molecule has 1 atom stereocenters. The molecule has 0 spiro atoms. The summed E-state index contributed by atoms with van der Waals surface area (Å²) in [5.41, 5.74) is 2.43. The number of anilines is 1. The van der Waals surface area contributed by atoms with Crippen LogP contribution in [0.1, 0.15) is 31.7 Å². The predicted molar refractivity (Wildman–Crippen MR) is 78.4 cm³/mol. The molecule has 1 saturated carbocycles. The first kappa shape index (κ1) is 14.4. The molecule has 1 fully saturated rings. The Morgan fingerprint density at radius 3 is 2.84 bits per heavy atom. The lowest BCUT2D eigenvalue weighted by molar-refractivity contribution is 0.0617. The average molecular weight is 263 g/mol. The fraction of sp³-hybridized carbons (Fsp3) is 0.625. The van der Waals surface area contributed by atoms with Crippen LogP contribution in [0.2, 0.25) is 0 Å². The summed E-state index contributed by atoms with van der Waals surface area (Å²) in [4.78, 5) is 0. The molecule has 1 aliphatic carbocycles. The number of hydrogen-bond donors (Lipinski definition) is 1. The van der Waals surface area contributed by atoms with Crippen molar-refractivity contribution in [3.63, 3.8) is 0 Å². The number of nitrogens with one attached hydrogen (secondary N) is 1. The zero-order valence-electron chi connectivity index (χ0n) is 12.0. The summed E-state index contributed by atoms with van der Waals surface area (Å²) in [6, 6.07) is 9.17. The van der Waals surface area contributed by atoms with E-state index < -0.39 is 0 Å². The second-order valence-corrected chi connectivity index (χ2v) is 5.24. The van der Waals surface area contributed by atoms with E-state index in [-0.39, 0.29) is 0 Å². The van der Waals surface area contributed by atoms with Gasteiger partial charge in [-0.1, -0.05) is 19.1 Å². The average Bonchev–Trinajstić information content (AvgIpc) is 3.26. The topological polar surface area (TPSA) is 30.5 Å². The van der Waals surface area contributed by atoms with E-state index in [2.05, 4.69) is 36.5 Å². The smallest absolute Gasteiger partial charge is 0.0718 e. The lowest BCUT2D eigenvalue weighted by Gasteiger charge is -2.18. The van der Waals surface area contributed by atoms with Gasteiger partial charge in [0, 0.05) is 18.8 Å². The zero-order valence-corrected chi connectivity index (χ0v) is 12.0. The van der Waals surface area contributed by atoms with E-state index in [1.54, 1.807) is 7.11 Å². The molecule has 3 nitrogen and oxygen atoms in total. The van der Waals surface area contributed by atoms with Gasteiger partial charge in [-0.25, -0.2) is 0 Å². The molecule has 0 aliphatic heterocycles. The van der Waals surface area contributed by atoms with Gasteiger partial charge in [0.1, 0.15) is 0 Å². The van der Waals surface area contributed by atoms with Gasteiger partial charge in [-0.05, 0) is 42.9 Å². The fourth-order valence-corrected chi connectivity index (χ4v) is 2.35. The van der Waals surface area contributed by atoms with Gasteiger partial charge >= 0.3 is 0 Å². The van der Waals surface area contributed by atoms with Gasteiger partial charge in [0.15, 0.2) is 0 Å². The van der Waals surface area contributed by atoms with E-state index >= 15 is 0 Å². The van der Waals surface area contributed by atoms with Crippen molar-refractivity contribution in [1.29, 1.82) is 0 Å². The minimum Gasteiger partial charge on any atom is -0.382 e. The first-order valence-corrected chi connectivity index (χ1v) is 7.25. The Bertz CT molecular complexity index is 377. The molecule has 1 unspecified atom stereocenters. The van der Waals surface area contributed by atoms with E-state index in [0.717, 1.165) is 5.92 Å². The highest BCUT2D eigenvalue weighted by atomic mass is 16.5.